The van der Waals surface area contributed by atoms with Crippen molar-refractivity contribution in [1.29, 1.82) is 5.26 Å². The average molecular weight is 369 g/mol. The van der Waals surface area contributed by atoms with Gasteiger partial charge in [-0.2, -0.15) is 5.26 Å². The third-order valence-corrected chi connectivity index (χ3v) is 6.58. The topological polar surface area (TPSA) is 110 Å². The first kappa shape index (κ1) is 16.7. The predicted molar refractivity (Wildman–Crippen MR) is 92.5 cm³/mol. The third-order valence-electron chi connectivity index (χ3n) is 4.92. The van der Waals surface area contributed by atoms with Gasteiger partial charge in [-0.05, 0) is 17.6 Å². The van der Waals surface area contributed by atoms with E-state index in [9.17, 15) is 19.5 Å². The van der Waals surface area contributed by atoms with Gasteiger partial charge in [-0.25, -0.2) is 4.79 Å². The van der Waals surface area contributed by atoms with Crippen molar-refractivity contribution >= 4 is 29.5 Å². The van der Waals surface area contributed by atoms with Gasteiger partial charge in [0.2, 0.25) is 5.91 Å². The molecule has 0 radical (unpaired) electrons. The number of nitriles is 1. The number of thioether (sulfide) groups is 1. The van der Waals surface area contributed by atoms with Gasteiger partial charge in [0, 0.05) is 5.25 Å². The highest BCUT2D eigenvalue weighted by molar-refractivity contribution is 8.01. The number of carbonyl (C=O) groups is 3. The van der Waals surface area contributed by atoms with Gasteiger partial charge >= 0.3 is 5.97 Å². The number of benzene rings is 1. The quantitative estimate of drug-likeness (QED) is 0.763. The minimum atomic E-state index is -1.16. The van der Waals surface area contributed by atoms with Crippen LogP contribution in [0.3, 0.4) is 0 Å². The first-order valence-corrected chi connectivity index (χ1v) is 9.13. The van der Waals surface area contributed by atoms with Gasteiger partial charge in [0.05, 0.1) is 18.4 Å². The van der Waals surface area contributed by atoms with E-state index in [0.717, 1.165) is 5.56 Å². The Morgan fingerprint density at radius 3 is 2.73 bits per heavy atom. The summed E-state index contributed by atoms with van der Waals surface area (Å²) in [4.78, 5) is 37.6. The van der Waals surface area contributed by atoms with Crippen molar-refractivity contribution < 1.29 is 19.5 Å². The van der Waals surface area contributed by atoms with Crippen LogP contribution in [0.5, 0.6) is 0 Å². The van der Waals surface area contributed by atoms with Gasteiger partial charge in [0.1, 0.15) is 17.1 Å². The molecule has 7 nitrogen and oxygen atoms in total. The largest absolute Gasteiger partial charge is 0.477 e. The van der Waals surface area contributed by atoms with Crippen molar-refractivity contribution in [1.82, 2.24) is 10.2 Å². The molecule has 2 fully saturated rings. The van der Waals surface area contributed by atoms with Crippen LogP contribution in [-0.2, 0) is 20.8 Å². The van der Waals surface area contributed by atoms with Crippen molar-refractivity contribution in [2.24, 2.45) is 5.92 Å². The number of carboxylic acids is 1. The fraction of sp³-hybridized carbons (Fsp3) is 0.333. The Kier molecular flexibility index (Phi) is 3.96. The summed E-state index contributed by atoms with van der Waals surface area (Å²) in [6.07, 6.45) is 0.538. The molecule has 1 saturated heterocycles. The van der Waals surface area contributed by atoms with Gasteiger partial charge in [0.25, 0.3) is 5.91 Å². The first-order valence-electron chi connectivity index (χ1n) is 8.19. The van der Waals surface area contributed by atoms with Gasteiger partial charge in [-0.15, -0.1) is 11.8 Å². The summed E-state index contributed by atoms with van der Waals surface area (Å²) in [7, 11) is 0. The fourth-order valence-electron chi connectivity index (χ4n) is 3.59. The fourth-order valence-corrected chi connectivity index (χ4v) is 5.28. The molecule has 8 heteroatoms. The molecule has 4 rings (SSSR count). The molecule has 1 saturated carbocycles. The Labute approximate surface area is 153 Å². The number of fused-ring (bicyclic) bond motifs is 2. The van der Waals surface area contributed by atoms with Gasteiger partial charge in [-0.3, -0.25) is 14.5 Å². The van der Waals surface area contributed by atoms with Crippen LogP contribution in [0.1, 0.15) is 12.0 Å². The molecule has 2 N–H and O–H groups in total. The smallest absolute Gasteiger partial charge is 0.352 e. The Hall–Kier alpha value is -2.79. The van der Waals surface area contributed by atoms with E-state index in [0.29, 0.717) is 12.0 Å². The zero-order valence-corrected chi connectivity index (χ0v) is 14.4. The van der Waals surface area contributed by atoms with Crippen LogP contribution < -0.4 is 5.32 Å². The van der Waals surface area contributed by atoms with E-state index in [1.54, 1.807) is 0 Å². The molecular formula is C18H15N3O4S. The molecule has 0 spiro atoms. The van der Waals surface area contributed by atoms with Gasteiger partial charge < -0.3 is 10.4 Å². The van der Waals surface area contributed by atoms with E-state index < -0.39 is 23.3 Å². The van der Waals surface area contributed by atoms with Crippen molar-refractivity contribution in [3.8, 4) is 6.07 Å². The lowest BCUT2D eigenvalue weighted by molar-refractivity contribution is -0.151. The van der Waals surface area contributed by atoms with E-state index in [2.05, 4.69) is 11.4 Å². The second-order valence-electron chi connectivity index (χ2n) is 6.48. The molecule has 2 heterocycles. The van der Waals surface area contributed by atoms with Crippen molar-refractivity contribution in [2.75, 3.05) is 0 Å². The normalized spacial score (nSPS) is 28.9. The SMILES string of the molecule is N#C[C@H]1CC2=C(C(=O)O)N3C(=O)[C@@H](NC(=O)Cc4ccccc4)[C@H]3S[C@H]21. The number of amides is 2. The molecule has 26 heavy (non-hydrogen) atoms. The van der Waals surface area contributed by atoms with Gasteiger partial charge in [-0.1, -0.05) is 30.3 Å². The number of hydrogen-bond acceptors (Lipinski definition) is 5. The first-order chi connectivity index (χ1) is 12.5. The highest BCUT2D eigenvalue weighted by atomic mass is 32.2. The Morgan fingerprint density at radius 1 is 1.35 bits per heavy atom. The molecule has 4 atom stereocenters. The maximum atomic E-state index is 12.5. The van der Waals surface area contributed by atoms with Crippen LogP contribution >= 0.6 is 11.8 Å². The monoisotopic (exact) mass is 369 g/mol. The summed E-state index contributed by atoms with van der Waals surface area (Å²) in [5, 5.41) is 20.7. The van der Waals surface area contributed by atoms with E-state index in [4.69, 9.17) is 5.26 Å². The summed E-state index contributed by atoms with van der Waals surface area (Å²) >= 11 is 1.39. The highest BCUT2D eigenvalue weighted by Crippen LogP contribution is 2.54. The standard InChI is InChI=1S/C18H15N3O4S/c19-8-10-7-11-14(18(24)25)21-16(23)13(17(21)26-15(10)11)20-12(22)6-9-4-2-1-3-5-9/h1-5,10,13,15,17H,6-7H2,(H,20,22)(H,24,25)/t10-,13-,15+,17-/m1/s1. The lowest BCUT2D eigenvalue weighted by atomic mass is 9.78. The number of nitrogens with one attached hydrogen (secondary N) is 1. The molecule has 3 aliphatic rings. The Morgan fingerprint density at radius 2 is 2.08 bits per heavy atom. The third kappa shape index (κ3) is 2.47. The number of nitrogens with zero attached hydrogens (tertiary/aromatic N) is 2. The molecule has 2 amide bonds. The summed E-state index contributed by atoms with van der Waals surface area (Å²) in [6, 6.07) is 10.6. The number of carbonyl (C=O) groups excluding carboxylic acids is 2. The Balaban J connectivity index is 1.50. The number of β-lactam (4-membered cyclic amide) rings is 1. The zero-order valence-electron chi connectivity index (χ0n) is 13.6. The second-order valence-corrected chi connectivity index (χ2v) is 7.74. The summed E-state index contributed by atoms with van der Waals surface area (Å²) in [5.41, 5.74) is 1.47. The van der Waals surface area contributed by atoms with Crippen LogP contribution in [0.15, 0.2) is 41.6 Å². The van der Waals surface area contributed by atoms with Crippen LogP contribution in [0.2, 0.25) is 0 Å². The number of rotatable bonds is 4. The highest BCUT2D eigenvalue weighted by Gasteiger charge is 2.59. The van der Waals surface area contributed by atoms with E-state index in [1.165, 1.54) is 16.7 Å². The zero-order chi connectivity index (χ0) is 18.4. The molecule has 0 aromatic heterocycles. The minimum Gasteiger partial charge on any atom is -0.477 e. The van der Waals surface area contributed by atoms with E-state index in [1.807, 2.05) is 30.3 Å². The minimum absolute atomic E-state index is 0.0104. The average Bonchev–Trinajstić information content (AvgIpc) is 2.61. The Bertz CT molecular complexity index is 876. The number of carboxylic acid groups (broad SMARTS) is 1. The molecular weight excluding hydrogens is 354 g/mol. The lowest BCUT2D eigenvalue weighted by Gasteiger charge is -2.55. The lowest BCUT2D eigenvalue weighted by Crippen LogP contribution is -2.72. The molecule has 0 bridgehead atoms. The van der Waals surface area contributed by atoms with Crippen molar-refractivity contribution in [2.45, 2.75) is 29.5 Å². The molecule has 132 valence electrons. The summed E-state index contributed by atoms with van der Waals surface area (Å²) in [6.45, 7) is 0. The summed E-state index contributed by atoms with van der Waals surface area (Å²) in [5.74, 6) is -2.10. The number of aliphatic carboxylic acids is 1. The predicted octanol–water partition coefficient (Wildman–Crippen LogP) is 0.880. The molecule has 1 aliphatic carbocycles. The van der Waals surface area contributed by atoms with Crippen molar-refractivity contribution in [3.63, 3.8) is 0 Å². The molecule has 1 aromatic carbocycles. The second kappa shape index (κ2) is 6.18. The van der Waals surface area contributed by atoms with E-state index in [-0.39, 0.29) is 29.2 Å². The molecule has 0 unspecified atom stereocenters. The molecule has 1 aromatic rings. The van der Waals surface area contributed by atoms with Crippen LogP contribution in [0.4, 0.5) is 0 Å². The number of hydrogen-bond donors (Lipinski definition) is 2. The van der Waals surface area contributed by atoms with Crippen LogP contribution in [0.25, 0.3) is 0 Å². The maximum absolute atomic E-state index is 12.5. The summed E-state index contributed by atoms with van der Waals surface area (Å²) < 4.78 is 0. The van der Waals surface area contributed by atoms with Crippen LogP contribution in [-0.4, -0.2) is 44.5 Å². The maximum Gasteiger partial charge on any atom is 0.352 e. The van der Waals surface area contributed by atoms with Crippen LogP contribution in [0, 0.1) is 17.2 Å². The molecule has 2 aliphatic heterocycles. The van der Waals surface area contributed by atoms with Gasteiger partial charge in [0.15, 0.2) is 0 Å². The van der Waals surface area contributed by atoms with Crippen molar-refractivity contribution in [3.05, 3.63) is 47.2 Å². The van der Waals surface area contributed by atoms with E-state index >= 15 is 0 Å².